The molecule has 0 fully saturated rings. The lowest BCUT2D eigenvalue weighted by Gasteiger charge is -2.08. The molecule has 2 aromatic rings. The van der Waals surface area contributed by atoms with Gasteiger partial charge in [-0.25, -0.2) is 4.68 Å². The van der Waals surface area contributed by atoms with E-state index < -0.39 is 0 Å². The Kier molecular flexibility index (Phi) is 5.49. The highest BCUT2D eigenvalue weighted by molar-refractivity contribution is 7.98. The molecule has 2 aromatic heterocycles. The largest absolute Gasteiger partial charge is 0.313 e. The van der Waals surface area contributed by atoms with Crippen LogP contribution in [0.2, 0.25) is 0 Å². The van der Waals surface area contributed by atoms with Crippen molar-refractivity contribution in [2.75, 3.05) is 6.54 Å². The minimum Gasteiger partial charge on any atom is -0.313 e. The van der Waals surface area contributed by atoms with Gasteiger partial charge in [-0.3, -0.25) is 4.98 Å². The summed E-state index contributed by atoms with van der Waals surface area (Å²) in [6.07, 6.45) is 0. The molecular formula is C13H20N6S. The molecule has 0 saturated heterocycles. The molecule has 2 heterocycles. The zero-order valence-corrected chi connectivity index (χ0v) is 12.9. The van der Waals surface area contributed by atoms with Crippen LogP contribution in [0.3, 0.4) is 0 Å². The molecule has 0 amide bonds. The molecule has 108 valence electrons. The molecule has 0 spiro atoms. The summed E-state index contributed by atoms with van der Waals surface area (Å²) in [5, 5.41) is 16.0. The monoisotopic (exact) mass is 292 g/mol. The van der Waals surface area contributed by atoms with Crippen molar-refractivity contribution < 1.29 is 0 Å². The Hall–Kier alpha value is -1.47. The summed E-state index contributed by atoms with van der Waals surface area (Å²) in [6, 6.07) is 6.51. The molecule has 0 aliphatic rings. The van der Waals surface area contributed by atoms with E-state index in [-0.39, 0.29) is 0 Å². The summed E-state index contributed by atoms with van der Waals surface area (Å²) < 4.78 is 1.83. The van der Waals surface area contributed by atoms with E-state index in [9.17, 15) is 0 Å². The number of hydrogen-bond donors (Lipinski definition) is 1. The highest BCUT2D eigenvalue weighted by Gasteiger charge is 2.07. The highest BCUT2D eigenvalue weighted by atomic mass is 32.2. The van der Waals surface area contributed by atoms with Gasteiger partial charge in [0.1, 0.15) is 0 Å². The molecule has 6 nitrogen and oxygen atoms in total. The summed E-state index contributed by atoms with van der Waals surface area (Å²) >= 11 is 1.61. The van der Waals surface area contributed by atoms with Gasteiger partial charge in [-0.15, -0.1) is 5.10 Å². The quantitative estimate of drug-likeness (QED) is 0.783. The smallest absolute Gasteiger partial charge is 0.209 e. The number of aryl methyl sites for hydroxylation is 1. The molecule has 20 heavy (non-hydrogen) atoms. The normalized spacial score (nSPS) is 11.2. The molecule has 0 aromatic carbocycles. The number of hydrogen-bond acceptors (Lipinski definition) is 6. The fourth-order valence-electron chi connectivity index (χ4n) is 1.72. The van der Waals surface area contributed by atoms with Gasteiger partial charge in [0, 0.05) is 24.0 Å². The first-order valence-electron chi connectivity index (χ1n) is 6.70. The van der Waals surface area contributed by atoms with E-state index in [1.165, 1.54) is 0 Å². The Morgan fingerprint density at radius 2 is 2.20 bits per heavy atom. The second kappa shape index (κ2) is 7.35. The molecule has 0 radical (unpaired) electrons. The number of nitrogens with one attached hydrogen (secondary N) is 1. The van der Waals surface area contributed by atoms with Crippen molar-refractivity contribution in [3.63, 3.8) is 0 Å². The maximum absolute atomic E-state index is 4.48. The lowest BCUT2D eigenvalue weighted by atomic mass is 10.3. The third-order valence-corrected chi connectivity index (χ3v) is 3.66. The van der Waals surface area contributed by atoms with Crippen LogP contribution in [0.1, 0.15) is 25.2 Å². The van der Waals surface area contributed by atoms with E-state index in [0.717, 1.165) is 35.4 Å². The fraction of sp³-hybridized carbons (Fsp3) is 0.538. The zero-order chi connectivity index (χ0) is 14.4. The topological polar surface area (TPSA) is 68.5 Å². The first kappa shape index (κ1) is 14.9. The number of thioether (sulfide) groups is 1. The first-order valence-corrected chi connectivity index (χ1v) is 7.68. The van der Waals surface area contributed by atoms with Crippen LogP contribution in [0.25, 0.3) is 0 Å². The second-order valence-corrected chi connectivity index (χ2v) is 5.79. The second-order valence-electron chi connectivity index (χ2n) is 4.85. The van der Waals surface area contributed by atoms with Gasteiger partial charge in [-0.1, -0.05) is 31.7 Å². The van der Waals surface area contributed by atoms with Crippen LogP contribution in [0, 0.1) is 6.92 Å². The maximum Gasteiger partial charge on any atom is 0.209 e. The molecule has 1 N–H and O–H groups in total. The number of tetrazole rings is 1. The van der Waals surface area contributed by atoms with Gasteiger partial charge >= 0.3 is 0 Å². The van der Waals surface area contributed by atoms with Gasteiger partial charge in [0.05, 0.1) is 12.2 Å². The SMILES string of the molecule is Cc1cccc(CSc2nnnn2CCNC(C)C)n1. The molecule has 0 bridgehead atoms. The Balaban J connectivity index is 1.88. The van der Waals surface area contributed by atoms with E-state index in [1.807, 2.05) is 29.8 Å². The maximum atomic E-state index is 4.48. The van der Waals surface area contributed by atoms with Crippen LogP contribution in [-0.4, -0.2) is 37.8 Å². The predicted molar refractivity (Wildman–Crippen MR) is 79.5 cm³/mol. The van der Waals surface area contributed by atoms with Gasteiger partial charge in [0.2, 0.25) is 5.16 Å². The Bertz CT molecular complexity index is 539. The molecule has 0 aliphatic carbocycles. The van der Waals surface area contributed by atoms with Gasteiger partial charge in [0.15, 0.2) is 0 Å². The van der Waals surface area contributed by atoms with Crippen molar-refractivity contribution >= 4 is 11.8 Å². The number of aromatic nitrogens is 5. The summed E-state index contributed by atoms with van der Waals surface area (Å²) in [5.41, 5.74) is 2.08. The standard InChI is InChI=1S/C13H20N6S/c1-10(2)14-7-8-19-13(16-17-18-19)20-9-12-6-4-5-11(3)15-12/h4-6,10,14H,7-9H2,1-3H3. The Labute approximate surface area is 123 Å². The van der Waals surface area contributed by atoms with E-state index in [4.69, 9.17) is 0 Å². The summed E-state index contributed by atoms with van der Waals surface area (Å²) in [7, 11) is 0. The summed E-state index contributed by atoms with van der Waals surface area (Å²) in [6.45, 7) is 7.88. The van der Waals surface area contributed by atoms with E-state index >= 15 is 0 Å². The number of pyridine rings is 1. The highest BCUT2D eigenvalue weighted by Crippen LogP contribution is 2.18. The molecule has 0 atom stereocenters. The summed E-state index contributed by atoms with van der Waals surface area (Å²) in [4.78, 5) is 4.48. The van der Waals surface area contributed by atoms with E-state index in [0.29, 0.717) is 6.04 Å². The van der Waals surface area contributed by atoms with Crippen molar-refractivity contribution in [1.82, 2.24) is 30.5 Å². The molecule has 0 unspecified atom stereocenters. The van der Waals surface area contributed by atoms with Crippen molar-refractivity contribution in [3.8, 4) is 0 Å². The van der Waals surface area contributed by atoms with Gasteiger partial charge in [-0.05, 0) is 29.5 Å². The third kappa shape index (κ3) is 4.57. The van der Waals surface area contributed by atoms with Crippen LogP contribution < -0.4 is 5.32 Å². The lowest BCUT2D eigenvalue weighted by molar-refractivity contribution is 0.485. The number of nitrogens with zero attached hydrogens (tertiary/aromatic N) is 5. The van der Waals surface area contributed by atoms with Crippen molar-refractivity contribution in [2.45, 2.75) is 44.3 Å². The number of rotatable bonds is 7. The minimum atomic E-state index is 0.471. The van der Waals surface area contributed by atoms with Gasteiger partial charge < -0.3 is 5.32 Å². The van der Waals surface area contributed by atoms with Gasteiger partial charge in [-0.2, -0.15) is 0 Å². The third-order valence-electron chi connectivity index (χ3n) is 2.67. The molecule has 0 aliphatic heterocycles. The van der Waals surface area contributed by atoms with Crippen molar-refractivity contribution in [1.29, 1.82) is 0 Å². The van der Waals surface area contributed by atoms with Crippen LogP contribution in [0.5, 0.6) is 0 Å². The summed E-state index contributed by atoms with van der Waals surface area (Å²) in [5.74, 6) is 0.777. The molecule has 0 saturated carbocycles. The molecule has 7 heteroatoms. The molecular weight excluding hydrogens is 272 g/mol. The van der Waals surface area contributed by atoms with Crippen LogP contribution in [0.15, 0.2) is 23.4 Å². The predicted octanol–water partition coefficient (Wildman–Crippen LogP) is 1.67. The van der Waals surface area contributed by atoms with Crippen molar-refractivity contribution in [3.05, 3.63) is 29.6 Å². The van der Waals surface area contributed by atoms with Crippen LogP contribution in [0.4, 0.5) is 0 Å². The average Bonchev–Trinajstić information content (AvgIpc) is 2.84. The van der Waals surface area contributed by atoms with Crippen LogP contribution >= 0.6 is 11.8 Å². The van der Waals surface area contributed by atoms with Crippen molar-refractivity contribution in [2.24, 2.45) is 0 Å². The van der Waals surface area contributed by atoms with Crippen LogP contribution in [-0.2, 0) is 12.3 Å². The van der Waals surface area contributed by atoms with E-state index in [2.05, 4.69) is 39.7 Å². The Morgan fingerprint density at radius 3 is 2.95 bits per heavy atom. The first-order chi connectivity index (χ1) is 9.65. The molecule has 2 rings (SSSR count). The lowest BCUT2D eigenvalue weighted by Crippen LogP contribution is -2.27. The minimum absolute atomic E-state index is 0.471. The van der Waals surface area contributed by atoms with Gasteiger partial charge in [0.25, 0.3) is 0 Å². The average molecular weight is 292 g/mol. The fourth-order valence-corrected chi connectivity index (χ4v) is 2.53. The van der Waals surface area contributed by atoms with E-state index in [1.54, 1.807) is 11.8 Å². The zero-order valence-electron chi connectivity index (χ0n) is 12.1. The Morgan fingerprint density at radius 1 is 1.35 bits per heavy atom.